The molecule has 168 valence electrons. The van der Waals surface area contributed by atoms with Crippen LogP contribution in [0.3, 0.4) is 0 Å². The number of likely N-dealkylation sites (tertiary alicyclic amines) is 1. The summed E-state index contributed by atoms with van der Waals surface area (Å²) >= 11 is 0. The van der Waals surface area contributed by atoms with E-state index in [9.17, 15) is 4.79 Å². The van der Waals surface area contributed by atoms with Crippen LogP contribution in [0, 0.1) is 13.8 Å². The van der Waals surface area contributed by atoms with Crippen molar-refractivity contribution in [1.29, 1.82) is 0 Å². The van der Waals surface area contributed by atoms with Gasteiger partial charge in [-0.15, -0.1) is 0 Å². The minimum atomic E-state index is -0.111. The van der Waals surface area contributed by atoms with E-state index in [0.29, 0.717) is 37.6 Å². The molecule has 1 aliphatic heterocycles. The Morgan fingerprint density at radius 2 is 1.85 bits per heavy atom. The first-order chi connectivity index (χ1) is 16.1. The summed E-state index contributed by atoms with van der Waals surface area (Å²) < 4.78 is 10.9. The van der Waals surface area contributed by atoms with Crippen molar-refractivity contribution in [3.63, 3.8) is 0 Å². The molecule has 2 atom stereocenters. The van der Waals surface area contributed by atoms with Crippen molar-refractivity contribution in [3.8, 4) is 11.4 Å². The molecule has 0 aliphatic carbocycles. The van der Waals surface area contributed by atoms with Crippen molar-refractivity contribution in [2.75, 3.05) is 13.1 Å². The van der Waals surface area contributed by atoms with Crippen molar-refractivity contribution in [1.82, 2.24) is 30.2 Å². The third kappa shape index (κ3) is 4.26. The van der Waals surface area contributed by atoms with Gasteiger partial charge in [0.25, 0.3) is 0 Å². The Bertz CT molecular complexity index is 1220. The van der Waals surface area contributed by atoms with Crippen molar-refractivity contribution in [2.24, 2.45) is 0 Å². The summed E-state index contributed by atoms with van der Waals surface area (Å²) in [5.41, 5.74) is 3.72. The number of hydrogen-bond acceptors (Lipinski definition) is 8. The van der Waals surface area contributed by atoms with E-state index in [2.05, 4.69) is 25.3 Å². The maximum atomic E-state index is 13.1. The van der Waals surface area contributed by atoms with E-state index >= 15 is 0 Å². The summed E-state index contributed by atoms with van der Waals surface area (Å²) in [5.74, 6) is 1.80. The highest BCUT2D eigenvalue weighted by Crippen LogP contribution is 2.39. The largest absolute Gasteiger partial charge is 0.361 e. The summed E-state index contributed by atoms with van der Waals surface area (Å²) in [6, 6.07) is 7.62. The van der Waals surface area contributed by atoms with E-state index in [0.717, 1.165) is 28.1 Å². The second kappa shape index (κ2) is 8.93. The molecule has 0 radical (unpaired) electrons. The minimum Gasteiger partial charge on any atom is -0.361 e. The number of nitrogens with zero attached hydrogens (tertiary/aromatic N) is 6. The Morgan fingerprint density at radius 1 is 1.03 bits per heavy atom. The van der Waals surface area contributed by atoms with Gasteiger partial charge in [-0.1, -0.05) is 16.4 Å². The number of rotatable bonds is 6. The number of aryl methyl sites for hydroxylation is 2. The van der Waals surface area contributed by atoms with Crippen LogP contribution in [0.4, 0.5) is 0 Å². The van der Waals surface area contributed by atoms with E-state index in [1.807, 2.05) is 49.2 Å². The lowest BCUT2D eigenvalue weighted by molar-refractivity contribution is -0.130. The second-order valence-electron chi connectivity index (χ2n) is 8.29. The fraction of sp³-hybridized carbons (Fsp3) is 0.333. The molecule has 1 amide bonds. The molecule has 1 aliphatic rings. The molecular formula is C24H24N6O3. The first-order valence-electron chi connectivity index (χ1n) is 10.9. The first-order valence-corrected chi connectivity index (χ1v) is 10.9. The molecule has 0 unspecified atom stereocenters. The molecule has 1 fully saturated rings. The van der Waals surface area contributed by atoms with Crippen LogP contribution in [-0.4, -0.2) is 49.2 Å². The lowest BCUT2D eigenvalue weighted by Gasteiger charge is -2.16. The van der Waals surface area contributed by atoms with Gasteiger partial charge < -0.3 is 13.9 Å². The van der Waals surface area contributed by atoms with E-state index in [1.54, 1.807) is 18.6 Å². The summed E-state index contributed by atoms with van der Waals surface area (Å²) in [5, 5.41) is 8.15. The van der Waals surface area contributed by atoms with Crippen LogP contribution in [0.2, 0.25) is 0 Å². The summed E-state index contributed by atoms with van der Waals surface area (Å²) in [6.45, 7) is 4.86. The van der Waals surface area contributed by atoms with E-state index in [4.69, 9.17) is 9.05 Å². The Labute approximate surface area is 190 Å². The average molecular weight is 444 g/mol. The molecule has 1 saturated heterocycles. The molecule has 9 heteroatoms. The fourth-order valence-corrected chi connectivity index (χ4v) is 4.44. The Kier molecular flexibility index (Phi) is 5.68. The zero-order valence-electron chi connectivity index (χ0n) is 18.5. The lowest BCUT2D eigenvalue weighted by atomic mass is 9.90. The van der Waals surface area contributed by atoms with Gasteiger partial charge in [0.05, 0.1) is 11.6 Å². The predicted molar refractivity (Wildman–Crippen MR) is 118 cm³/mol. The normalized spacial score (nSPS) is 18.1. The second-order valence-corrected chi connectivity index (χ2v) is 8.29. The van der Waals surface area contributed by atoms with Gasteiger partial charge in [0.1, 0.15) is 5.76 Å². The maximum absolute atomic E-state index is 13.1. The smallest absolute Gasteiger partial charge is 0.232 e. The Morgan fingerprint density at radius 3 is 2.58 bits per heavy atom. The SMILES string of the molecule is Cc1noc(C)c1CCC(=O)N1C[C@@H](c2cccnc2)[C@H](c2nc(-c3ccncc3)no2)C1. The molecular weight excluding hydrogens is 420 g/mol. The molecule has 5 rings (SSSR count). The predicted octanol–water partition coefficient (Wildman–Crippen LogP) is 3.47. The highest BCUT2D eigenvalue weighted by Gasteiger charge is 2.40. The maximum Gasteiger partial charge on any atom is 0.232 e. The number of aromatic nitrogens is 5. The monoisotopic (exact) mass is 444 g/mol. The first kappa shape index (κ1) is 21.0. The zero-order chi connectivity index (χ0) is 22.8. The Hall–Kier alpha value is -3.88. The molecule has 9 nitrogen and oxygen atoms in total. The lowest BCUT2D eigenvalue weighted by Crippen LogP contribution is -2.29. The minimum absolute atomic E-state index is 0.0208. The molecule has 4 aromatic heterocycles. The average Bonchev–Trinajstić information content (AvgIpc) is 3.58. The summed E-state index contributed by atoms with van der Waals surface area (Å²) in [7, 11) is 0. The van der Waals surface area contributed by atoms with E-state index < -0.39 is 0 Å². The van der Waals surface area contributed by atoms with Gasteiger partial charge in [0.15, 0.2) is 0 Å². The van der Waals surface area contributed by atoms with Crippen LogP contribution in [0.1, 0.15) is 46.7 Å². The van der Waals surface area contributed by atoms with Gasteiger partial charge >= 0.3 is 0 Å². The molecule has 0 aromatic carbocycles. The van der Waals surface area contributed by atoms with Crippen LogP contribution in [0.5, 0.6) is 0 Å². The van der Waals surface area contributed by atoms with Crippen molar-refractivity contribution in [2.45, 2.75) is 38.5 Å². The third-order valence-corrected chi connectivity index (χ3v) is 6.25. The van der Waals surface area contributed by atoms with E-state index in [1.165, 1.54) is 0 Å². The van der Waals surface area contributed by atoms with Crippen LogP contribution >= 0.6 is 0 Å². The molecule has 33 heavy (non-hydrogen) atoms. The van der Waals surface area contributed by atoms with Gasteiger partial charge in [-0.2, -0.15) is 4.98 Å². The molecule has 0 saturated carbocycles. The van der Waals surface area contributed by atoms with Crippen LogP contribution in [0.25, 0.3) is 11.4 Å². The molecule has 4 aromatic rings. The number of carbonyl (C=O) groups excluding carboxylic acids is 1. The molecule has 0 N–H and O–H groups in total. The topological polar surface area (TPSA) is 111 Å². The number of amides is 1. The third-order valence-electron chi connectivity index (χ3n) is 6.25. The number of hydrogen-bond donors (Lipinski definition) is 0. The molecule has 0 bridgehead atoms. The zero-order valence-corrected chi connectivity index (χ0v) is 18.5. The van der Waals surface area contributed by atoms with Gasteiger partial charge in [-0.25, -0.2) is 0 Å². The number of carbonyl (C=O) groups is 1. The molecule has 0 spiro atoms. The standard InChI is InChI=1S/C24H24N6O3/c1-15-19(16(2)32-28-15)5-6-22(31)30-13-20(18-4-3-9-26-12-18)21(14-30)24-27-23(29-33-24)17-7-10-25-11-8-17/h3-4,7-12,20-21H,5-6,13-14H2,1-2H3/t20-,21+/m0/s1. The van der Waals surface area contributed by atoms with Gasteiger partial charge in [0.2, 0.25) is 17.6 Å². The highest BCUT2D eigenvalue weighted by atomic mass is 16.5. The van der Waals surface area contributed by atoms with Gasteiger partial charge in [-0.3, -0.25) is 14.8 Å². The van der Waals surface area contributed by atoms with Crippen molar-refractivity contribution in [3.05, 3.63) is 77.5 Å². The van der Waals surface area contributed by atoms with Gasteiger partial charge in [0, 0.05) is 61.3 Å². The van der Waals surface area contributed by atoms with E-state index in [-0.39, 0.29) is 17.7 Å². The van der Waals surface area contributed by atoms with Crippen LogP contribution < -0.4 is 0 Å². The van der Waals surface area contributed by atoms with Crippen LogP contribution in [0.15, 0.2) is 58.1 Å². The van der Waals surface area contributed by atoms with Gasteiger partial charge in [-0.05, 0) is 44.0 Å². The Balaban J connectivity index is 1.37. The fourth-order valence-electron chi connectivity index (χ4n) is 4.44. The number of pyridine rings is 2. The molecule has 5 heterocycles. The van der Waals surface area contributed by atoms with Crippen molar-refractivity contribution >= 4 is 5.91 Å². The van der Waals surface area contributed by atoms with Crippen LogP contribution in [-0.2, 0) is 11.2 Å². The quantitative estimate of drug-likeness (QED) is 0.444. The summed E-state index contributed by atoms with van der Waals surface area (Å²) in [6.07, 6.45) is 7.97. The van der Waals surface area contributed by atoms with Crippen molar-refractivity contribution < 1.29 is 13.8 Å². The highest BCUT2D eigenvalue weighted by molar-refractivity contribution is 5.77. The summed E-state index contributed by atoms with van der Waals surface area (Å²) in [4.78, 5) is 28.0.